The van der Waals surface area contributed by atoms with Gasteiger partial charge in [-0.25, -0.2) is 0 Å². The maximum Gasteiger partial charge on any atom is 0.00863 e. The lowest BCUT2D eigenvalue weighted by atomic mass is 10.3. The van der Waals surface area contributed by atoms with E-state index < -0.39 is 0 Å². The molecule has 0 rings (SSSR count). The first kappa shape index (κ1) is 6.91. The Bertz CT molecular complexity index is 61.1. The molecule has 0 unspecified atom stereocenters. The van der Waals surface area contributed by atoms with Gasteiger partial charge in [-0.1, -0.05) is 0 Å². The zero-order chi connectivity index (χ0) is 5.54. The molecule has 7 heavy (non-hydrogen) atoms. The second kappa shape index (κ2) is 5.91. The van der Waals surface area contributed by atoms with Crippen molar-refractivity contribution in [2.75, 3.05) is 5.75 Å². The van der Waals surface area contributed by atoms with Crippen molar-refractivity contribution in [2.24, 2.45) is 0 Å². The predicted octanol–water partition coefficient (Wildman–Crippen LogP) is 1.72. The molecule has 0 saturated heterocycles. The topological polar surface area (TPSA) is 0 Å². The van der Waals surface area contributed by atoms with E-state index in [1.54, 1.807) is 0 Å². The molecular formula is C6H10S. The Labute approximate surface area is 50.7 Å². The Morgan fingerprint density at radius 2 is 2.14 bits per heavy atom. The quantitative estimate of drug-likeness (QED) is 0.322. The molecule has 0 atom stereocenters. The molecule has 0 aliphatic heterocycles. The molecule has 0 N–H and O–H groups in total. The van der Waals surface area contributed by atoms with Crippen molar-refractivity contribution >= 4 is 12.6 Å². The van der Waals surface area contributed by atoms with Gasteiger partial charge < -0.3 is 0 Å². The van der Waals surface area contributed by atoms with E-state index in [-0.39, 0.29) is 0 Å². The highest BCUT2D eigenvalue weighted by Crippen LogP contribution is 1.93. The summed E-state index contributed by atoms with van der Waals surface area (Å²) < 4.78 is 0. The fraction of sp³-hybridized carbons (Fsp3) is 0.667. The fourth-order valence-corrected chi connectivity index (χ4v) is 0.562. The third-order valence-corrected chi connectivity index (χ3v) is 1.05. The number of unbranched alkanes of at least 4 members (excludes halogenated alkanes) is 2. The summed E-state index contributed by atoms with van der Waals surface area (Å²) in [5.41, 5.74) is 0. The van der Waals surface area contributed by atoms with Crippen molar-refractivity contribution in [3.05, 3.63) is 0 Å². The highest BCUT2D eigenvalue weighted by atomic mass is 32.1. The first-order valence-corrected chi connectivity index (χ1v) is 3.09. The van der Waals surface area contributed by atoms with E-state index in [9.17, 15) is 0 Å². The molecule has 0 aliphatic rings. The molecule has 0 aromatic heterocycles. The molecule has 0 radical (unpaired) electrons. The normalized spacial score (nSPS) is 8.00. The summed E-state index contributed by atoms with van der Waals surface area (Å²) in [6.45, 7) is 0. The van der Waals surface area contributed by atoms with Gasteiger partial charge in [0.2, 0.25) is 0 Å². The second-order valence-electron chi connectivity index (χ2n) is 1.38. The van der Waals surface area contributed by atoms with Gasteiger partial charge in [0.25, 0.3) is 0 Å². The number of hydrogen-bond donors (Lipinski definition) is 1. The van der Waals surface area contributed by atoms with Crippen LogP contribution in [0.1, 0.15) is 19.3 Å². The van der Waals surface area contributed by atoms with Crippen LogP contribution in [0.5, 0.6) is 0 Å². The Kier molecular flexibility index (Phi) is 5.83. The third kappa shape index (κ3) is 5.91. The molecule has 0 aromatic carbocycles. The molecule has 0 aliphatic carbocycles. The molecule has 0 bridgehead atoms. The van der Waals surface area contributed by atoms with Gasteiger partial charge >= 0.3 is 0 Å². The summed E-state index contributed by atoms with van der Waals surface area (Å²) in [6.07, 6.45) is 8.17. The van der Waals surface area contributed by atoms with E-state index in [0.29, 0.717) is 0 Å². The molecule has 0 saturated carbocycles. The van der Waals surface area contributed by atoms with E-state index in [0.717, 1.165) is 25.0 Å². The van der Waals surface area contributed by atoms with E-state index in [1.165, 1.54) is 0 Å². The van der Waals surface area contributed by atoms with Crippen molar-refractivity contribution in [1.29, 1.82) is 0 Å². The molecule has 40 valence electrons. The second-order valence-corrected chi connectivity index (χ2v) is 1.83. The van der Waals surface area contributed by atoms with Gasteiger partial charge in [-0.15, -0.1) is 12.3 Å². The summed E-state index contributed by atoms with van der Waals surface area (Å²) in [6, 6.07) is 0. The minimum absolute atomic E-state index is 0.903. The average Bonchev–Trinajstić information content (AvgIpc) is 1.69. The SMILES string of the molecule is C#CCCCCS. The summed E-state index contributed by atoms with van der Waals surface area (Å²) in [4.78, 5) is 0. The molecular weight excluding hydrogens is 104 g/mol. The van der Waals surface area contributed by atoms with Crippen molar-refractivity contribution in [2.45, 2.75) is 19.3 Å². The van der Waals surface area contributed by atoms with E-state index >= 15 is 0 Å². The number of thiol groups is 1. The van der Waals surface area contributed by atoms with Crippen LogP contribution in [0.25, 0.3) is 0 Å². The van der Waals surface area contributed by atoms with Gasteiger partial charge in [0.15, 0.2) is 0 Å². The van der Waals surface area contributed by atoms with Gasteiger partial charge in [0.1, 0.15) is 0 Å². The standard InChI is InChI=1S/C6H10S/c1-2-3-4-5-6-7/h1,7H,3-6H2. The highest BCUT2D eigenvalue weighted by Gasteiger charge is 1.78. The number of terminal acetylenes is 1. The molecule has 0 amide bonds. The summed E-state index contributed by atoms with van der Waals surface area (Å²) in [5.74, 6) is 3.53. The fourth-order valence-electron chi connectivity index (χ4n) is 0.339. The lowest BCUT2D eigenvalue weighted by Gasteiger charge is -1.85. The van der Waals surface area contributed by atoms with Crippen LogP contribution in [0.2, 0.25) is 0 Å². The van der Waals surface area contributed by atoms with Crippen molar-refractivity contribution in [3.63, 3.8) is 0 Å². The molecule has 0 heterocycles. The van der Waals surface area contributed by atoms with Crippen molar-refractivity contribution < 1.29 is 0 Å². The van der Waals surface area contributed by atoms with Crippen LogP contribution in [0, 0.1) is 12.3 Å². The van der Waals surface area contributed by atoms with Crippen LogP contribution >= 0.6 is 12.6 Å². The van der Waals surface area contributed by atoms with Gasteiger partial charge in [-0.3, -0.25) is 0 Å². The number of hydrogen-bond acceptors (Lipinski definition) is 1. The number of rotatable bonds is 3. The minimum Gasteiger partial charge on any atom is -0.179 e. The Hall–Kier alpha value is -0.0900. The summed E-state index contributed by atoms with van der Waals surface area (Å²) in [7, 11) is 0. The largest absolute Gasteiger partial charge is 0.179 e. The lowest BCUT2D eigenvalue weighted by molar-refractivity contribution is 0.839. The monoisotopic (exact) mass is 114 g/mol. The van der Waals surface area contributed by atoms with Crippen LogP contribution in [0.15, 0.2) is 0 Å². The summed E-state index contributed by atoms with van der Waals surface area (Å²) in [5, 5.41) is 0. The molecule has 0 nitrogen and oxygen atoms in total. The minimum atomic E-state index is 0.903. The predicted molar refractivity (Wildman–Crippen MR) is 36.5 cm³/mol. The van der Waals surface area contributed by atoms with E-state index in [1.807, 2.05) is 0 Å². The highest BCUT2D eigenvalue weighted by molar-refractivity contribution is 7.80. The first-order valence-electron chi connectivity index (χ1n) is 2.46. The maximum atomic E-state index is 4.99. The van der Waals surface area contributed by atoms with Crippen molar-refractivity contribution in [3.8, 4) is 12.3 Å². The van der Waals surface area contributed by atoms with Crippen molar-refractivity contribution in [1.82, 2.24) is 0 Å². The smallest absolute Gasteiger partial charge is 0.00863 e. The van der Waals surface area contributed by atoms with Gasteiger partial charge in [-0.05, 0) is 18.6 Å². The molecule has 0 aromatic rings. The third-order valence-electron chi connectivity index (χ3n) is 0.729. The van der Waals surface area contributed by atoms with E-state index in [2.05, 4.69) is 18.5 Å². The van der Waals surface area contributed by atoms with E-state index in [4.69, 9.17) is 6.42 Å². The van der Waals surface area contributed by atoms with Crippen LogP contribution in [-0.2, 0) is 0 Å². The van der Waals surface area contributed by atoms with Gasteiger partial charge in [0, 0.05) is 6.42 Å². The summed E-state index contributed by atoms with van der Waals surface area (Å²) >= 11 is 4.02. The van der Waals surface area contributed by atoms with Gasteiger partial charge in [-0.2, -0.15) is 12.6 Å². The maximum absolute atomic E-state index is 4.99. The van der Waals surface area contributed by atoms with Gasteiger partial charge in [0.05, 0.1) is 0 Å². The molecule has 0 spiro atoms. The average molecular weight is 114 g/mol. The van der Waals surface area contributed by atoms with Crippen LogP contribution in [-0.4, -0.2) is 5.75 Å². The van der Waals surface area contributed by atoms with Crippen LogP contribution in [0.4, 0.5) is 0 Å². The molecule has 1 heteroatoms. The zero-order valence-corrected chi connectivity index (χ0v) is 5.25. The lowest BCUT2D eigenvalue weighted by Crippen LogP contribution is -1.72. The Morgan fingerprint density at radius 3 is 2.57 bits per heavy atom. The Balaban J connectivity index is 2.60. The Morgan fingerprint density at radius 1 is 1.43 bits per heavy atom. The zero-order valence-electron chi connectivity index (χ0n) is 4.35. The van der Waals surface area contributed by atoms with Crippen LogP contribution in [0.3, 0.4) is 0 Å². The van der Waals surface area contributed by atoms with Crippen LogP contribution < -0.4 is 0 Å². The molecule has 0 fully saturated rings. The first-order chi connectivity index (χ1) is 3.41.